The van der Waals surface area contributed by atoms with E-state index in [0.29, 0.717) is 0 Å². The average molecular weight is 694 g/mol. The Kier molecular flexibility index (Phi) is 6.72. The highest BCUT2D eigenvalue weighted by Crippen LogP contribution is 2.54. The van der Waals surface area contributed by atoms with Gasteiger partial charge in [-0.1, -0.05) is 127 Å². The smallest absolute Gasteiger partial charge is 0.148 e. The van der Waals surface area contributed by atoms with Crippen LogP contribution in [0.1, 0.15) is 6.92 Å². The van der Waals surface area contributed by atoms with Gasteiger partial charge in [0.1, 0.15) is 17.1 Å². The van der Waals surface area contributed by atoms with E-state index in [2.05, 4.69) is 215 Å². The van der Waals surface area contributed by atoms with Crippen LogP contribution in [0.3, 0.4) is 0 Å². The molecule has 7 aromatic rings. The van der Waals surface area contributed by atoms with Gasteiger partial charge < -0.3 is 9.88 Å². The van der Waals surface area contributed by atoms with E-state index in [1.165, 1.54) is 72.4 Å². The molecular weight excluding hydrogens is 657 g/mol. The lowest BCUT2D eigenvalue weighted by Crippen LogP contribution is -2.81. The molecule has 0 fully saturated rings. The zero-order valence-corrected chi connectivity index (χ0v) is 29.9. The summed E-state index contributed by atoms with van der Waals surface area (Å²) in [7, 11) is 0. The molecule has 0 radical (unpaired) electrons. The van der Waals surface area contributed by atoms with Crippen LogP contribution in [0.5, 0.6) is 0 Å². The number of nitrogens with two attached hydrogens (primary N) is 1. The first kappa shape index (κ1) is 30.7. The Morgan fingerprint density at radius 3 is 1.94 bits per heavy atom. The molecule has 0 bridgehead atoms. The first-order valence-corrected chi connectivity index (χ1v) is 18.7. The van der Waals surface area contributed by atoms with Gasteiger partial charge in [-0.2, -0.15) is 0 Å². The number of dihydropyridines is 1. The van der Waals surface area contributed by atoms with Gasteiger partial charge in [-0.05, 0) is 83.3 Å². The second-order valence-corrected chi connectivity index (χ2v) is 14.6. The number of para-hydroxylation sites is 3. The van der Waals surface area contributed by atoms with Gasteiger partial charge in [0.25, 0.3) is 0 Å². The van der Waals surface area contributed by atoms with Crippen molar-refractivity contribution in [2.45, 2.75) is 12.5 Å². The number of quaternary nitrogens is 1. The predicted octanol–water partition coefficient (Wildman–Crippen LogP) is 10.8. The van der Waals surface area contributed by atoms with Crippen LogP contribution in [-0.2, 0) is 0 Å². The quantitative estimate of drug-likeness (QED) is 0.193. The van der Waals surface area contributed by atoms with Crippen LogP contribution in [0.25, 0.3) is 61.2 Å². The van der Waals surface area contributed by atoms with E-state index in [0.717, 1.165) is 22.9 Å². The minimum Gasteiger partial charge on any atom is -0.353 e. The normalized spacial score (nSPS) is 17.8. The Hall–Kier alpha value is -6.88. The van der Waals surface area contributed by atoms with Crippen molar-refractivity contribution in [2.75, 3.05) is 4.90 Å². The van der Waals surface area contributed by atoms with Crippen LogP contribution < -0.4 is 15.5 Å². The number of hydrogen-bond donors (Lipinski definition) is 2. The summed E-state index contributed by atoms with van der Waals surface area (Å²) in [4.78, 5) is 2.44. The maximum absolute atomic E-state index is 4.07. The molecule has 1 aromatic heterocycles. The third-order valence-corrected chi connectivity index (χ3v) is 11.5. The van der Waals surface area contributed by atoms with E-state index in [1.807, 2.05) is 0 Å². The highest BCUT2D eigenvalue weighted by molar-refractivity contribution is 6.12. The minimum atomic E-state index is -0.367. The highest BCUT2D eigenvalue weighted by Gasteiger charge is 2.44. The number of allylic oxidation sites excluding steroid dienone is 5. The fourth-order valence-electron chi connectivity index (χ4n) is 9.00. The molecule has 0 saturated carbocycles. The van der Waals surface area contributed by atoms with Gasteiger partial charge in [0.2, 0.25) is 0 Å². The molecule has 1 unspecified atom stereocenters. The van der Waals surface area contributed by atoms with Crippen molar-refractivity contribution in [1.82, 2.24) is 9.88 Å². The molecule has 1 aliphatic carbocycles. The molecule has 4 heteroatoms. The maximum Gasteiger partial charge on any atom is 0.148 e. The summed E-state index contributed by atoms with van der Waals surface area (Å²) in [5.41, 5.74) is 17.6. The molecule has 4 nitrogen and oxygen atoms in total. The molecule has 0 saturated heterocycles. The molecule has 4 heterocycles. The van der Waals surface area contributed by atoms with Crippen LogP contribution in [0.4, 0.5) is 11.4 Å². The van der Waals surface area contributed by atoms with Gasteiger partial charge >= 0.3 is 0 Å². The summed E-state index contributed by atoms with van der Waals surface area (Å²) < 4.78 is 2.51. The molecule has 11 rings (SSSR count). The van der Waals surface area contributed by atoms with Gasteiger partial charge in [-0.15, -0.1) is 0 Å². The van der Waals surface area contributed by atoms with Crippen molar-refractivity contribution in [3.8, 4) is 50.3 Å². The van der Waals surface area contributed by atoms with Crippen molar-refractivity contribution in [3.05, 3.63) is 211 Å². The standard InChI is InChI=1S/C50H36N4/c1-50-38(25-24-35-28-29-51-49(35)50)26-27-46(52-50)54-44-22-12-9-19-41(44)47-40-18-8-11-21-43(40)53(48(47)42-20-10-13-23-45(42)54)39-31-36(33-14-4-2-5-15-33)30-37(32-39)34-16-6-3-7-17-34/h2-32,51-52H,1H3/p+1. The van der Waals surface area contributed by atoms with Crippen LogP contribution in [0.2, 0.25) is 0 Å². The molecule has 1 atom stereocenters. The van der Waals surface area contributed by atoms with Crippen molar-refractivity contribution in [1.29, 1.82) is 0 Å². The Balaban J connectivity index is 1.19. The van der Waals surface area contributed by atoms with E-state index >= 15 is 0 Å². The number of rotatable bonds is 4. The second-order valence-electron chi connectivity index (χ2n) is 14.6. The fourth-order valence-corrected chi connectivity index (χ4v) is 9.00. The van der Waals surface area contributed by atoms with Crippen molar-refractivity contribution < 1.29 is 5.32 Å². The fraction of sp³-hybridized carbons (Fsp3) is 0.0400. The van der Waals surface area contributed by atoms with Gasteiger partial charge in [0.05, 0.1) is 28.8 Å². The van der Waals surface area contributed by atoms with Gasteiger partial charge in [-0.3, -0.25) is 10.2 Å². The molecule has 3 aliphatic heterocycles. The van der Waals surface area contributed by atoms with Crippen LogP contribution in [0, 0.1) is 0 Å². The van der Waals surface area contributed by atoms with Crippen LogP contribution in [0.15, 0.2) is 211 Å². The number of anilines is 2. The predicted molar refractivity (Wildman–Crippen MR) is 222 cm³/mol. The van der Waals surface area contributed by atoms with Gasteiger partial charge in [0, 0.05) is 39.4 Å². The van der Waals surface area contributed by atoms with Crippen LogP contribution >= 0.6 is 0 Å². The molecule has 0 amide bonds. The van der Waals surface area contributed by atoms with E-state index in [9.17, 15) is 0 Å². The van der Waals surface area contributed by atoms with Crippen molar-refractivity contribution in [3.63, 3.8) is 0 Å². The number of aromatic nitrogens is 1. The summed E-state index contributed by atoms with van der Waals surface area (Å²) in [5.74, 6) is 1.04. The second kappa shape index (κ2) is 11.8. The molecular formula is C50H37N4+. The molecule has 0 spiro atoms. The summed E-state index contributed by atoms with van der Waals surface area (Å²) in [6.45, 7) is 2.31. The van der Waals surface area contributed by atoms with E-state index in [1.54, 1.807) is 0 Å². The number of nitrogens with one attached hydrogen (secondary N) is 1. The third-order valence-electron chi connectivity index (χ3n) is 11.5. The molecule has 54 heavy (non-hydrogen) atoms. The zero-order valence-electron chi connectivity index (χ0n) is 29.9. The maximum atomic E-state index is 4.07. The zero-order chi connectivity index (χ0) is 35.8. The number of nitrogens with zero attached hydrogens (tertiary/aromatic N) is 2. The summed E-state index contributed by atoms with van der Waals surface area (Å²) in [6.07, 6.45) is 13.4. The molecule has 256 valence electrons. The Morgan fingerprint density at radius 2 is 1.20 bits per heavy atom. The summed E-state index contributed by atoms with van der Waals surface area (Å²) in [5, 5.41) is 7.55. The molecule has 4 aliphatic rings. The minimum absolute atomic E-state index is 0.367. The van der Waals surface area contributed by atoms with Crippen molar-refractivity contribution in [2.24, 2.45) is 0 Å². The molecule has 3 N–H and O–H groups in total. The lowest BCUT2D eigenvalue weighted by atomic mass is 9.80. The number of benzene rings is 6. The van der Waals surface area contributed by atoms with E-state index in [4.69, 9.17) is 0 Å². The molecule has 6 aromatic carbocycles. The largest absolute Gasteiger partial charge is 0.353 e. The monoisotopic (exact) mass is 693 g/mol. The lowest BCUT2D eigenvalue weighted by Gasteiger charge is -2.41. The summed E-state index contributed by atoms with van der Waals surface area (Å²) in [6, 6.07) is 55.3. The first-order chi connectivity index (χ1) is 26.7. The topological polar surface area (TPSA) is 36.8 Å². The first-order valence-electron chi connectivity index (χ1n) is 18.7. The highest BCUT2D eigenvalue weighted by atomic mass is 15.3. The number of fused-ring (bicyclic) bond motifs is 9. The van der Waals surface area contributed by atoms with E-state index < -0.39 is 0 Å². The lowest BCUT2D eigenvalue weighted by molar-refractivity contribution is -0.538. The SMILES string of the molecule is CC12NC(N3c4ccccc4-c4c(n(-c5cc(-c6ccccc6)cc(-c6ccccc6)c5)c5ccccc45)-c4ccccc43)=CC=C1C=CC1=C2[NH2+]C=C1. The Bertz CT molecular complexity index is 2770. The third kappa shape index (κ3) is 4.54. The van der Waals surface area contributed by atoms with E-state index in [-0.39, 0.29) is 5.54 Å². The Labute approximate surface area is 315 Å². The van der Waals surface area contributed by atoms with Gasteiger partial charge in [0.15, 0.2) is 0 Å². The van der Waals surface area contributed by atoms with Gasteiger partial charge in [-0.25, -0.2) is 0 Å². The summed E-state index contributed by atoms with van der Waals surface area (Å²) >= 11 is 0. The Morgan fingerprint density at radius 1 is 0.574 bits per heavy atom. The van der Waals surface area contributed by atoms with Crippen LogP contribution in [-0.4, -0.2) is 10.1 Å². The average Bonchev–Trinajstić information content (AvgIpc) is 3.83. The number of hydrogen-bond acceptors (Lipinski definition) is 2. The van der Waals surface area contributed by atoms with Crippen molar-refractivity contribution >= 4 is 22.3 Å².